The van der Waals surface area contributed by atoms with Crippen molar-refractivity contribution in [2.75, 3.05) is 13.1 Å². The van der Waals surface area contributed by atoms with Crippen molar-refractivity contribution in [1.82, 2.24) is 9.03 Å². The van der Waals surface area contributed by atoms with Crippen LogP contribution in [-0.2, 0) is 15.0 Å². The van der Waals surface area contributed by atoms with Crippen molar-refractivity contribution >= 4 is 16.2 Å². The molecule has 1 heterocycles. The maximum atomic E-state index is 12.0. The summed E-state index contributed by atoms with van der Waals surface area (Å²) in [5.74, 6) is -0.814. The fourth-order valence-electron chi connectivity index (χ4n) is 1.93. The number of nitrogens with zero attached hydrogens (tertiary/aromatic N) is 1. The third kappa shape index (κ3) is 3.93. The number of aliphatic carboxylic acids is 1. The summed E-state index contributed by atoms with van der Waals surface area (Å²) in [5.41, 5.74) is 0. The molecule has 0 aromatic rings. The maximum absolute atomic E-state index is 12.0. The van der Waals surface area contributed by atoms with Crippen molar-refractivity contribution in [2.45, 2.75) is 39.2 Å². The second-order valence-corrected chi connectivity index (χ2v) is 6.23. The number of carboxylic acid groups (broad SMARTS) is 1. The Hall–Kier alpha value is -0.660. The molecule has 1 saturated heterocycles. The number of carbonyl (C=O) groups is 1. The van der Waals surface area contributed by atoms with Crippen molar-refractivity contribution in [3.8, 4) is 0 Å². The first-order chi connectivity index (χ1) is 7.86. The summed E-state index contributed by atoms with van der Waals surface area (Å²) in [6.45, 7) is 4.57. The van der Waals surface area contributed by atoms with E-state index in [1.54, 1.807) is 6.92 Å². The van der Waals surface area contributed by atoms with Gasteiger partial charge in [0.2, 0.25) is 0 Å². The van der Waals surface area contributed by atoms with Gasteiger partial charge >= 0.3 is 5.97 Å². The number of hydrogen-bond acceptors (Lipinski definition) is 3. The summed E-state index contributed by atoms with van der Waals surface area (Å²) < 4.78 is 27.5. The standard InChI is InChI=1S/C10H20N2O4S/c1-3-9(10(13)14)11-17(15,16)12-6-4-5-8(2)7-12/h8-9,11H,3-7H2,1-2H3,(H,13,14)/t8?,9-/m1/s1. The van der Waals surface area contributed by atoms with Crippen LogP contribution in [-0.4, -0.2) is 42.9 Å². The van der Waals surface area contributed by atoms with Crippen LogP contribution >= 0.6 is 0 Å². The molecule has 0 aliphatic carbocycles. The Balaban J connectivity index is 2.70. The number of nitrogens with one attached hydrogen (secondary N) is 1. The predicted octanol–water partition coefficient (Wildman–Crippen LogP) is 0.416. The lowest BCUT2D eigenvalue weighted by atomic mass is 10.0. The van der Waals surface area contributed by atoms with Crippen LogP contribution in [0.15, 0.2) is 0 Å². The lowest BCUT2D eigenvalue weighted by Gasteiger charge is -2.30. The molecule has 0 spiro atoms. The van der Waals surface area contributed by atoms with Gasteiger partial charge in [-0.15, -0.1) is 0 Å². The van der Waals surface area contributed by atoms with E-state index in [-0.39, 0.29) is 6.42 Å². The number of carboxylic acids is 1. The molecule has 0 amide bonds. The van der Waals surface area contributed by atoms with Crippen molar-refractivity contribution in [1.29, 1.82) is 0 Å². The van der Waals surface area contributed by atoms with Gasteiger partial charge in [-0.3, -0.25) is 4.79 Å². The second-order valence-electron chi connectivity index (χ2n) is 4.53. The highest BCUT2D eigenvalue weighted by Gasteiger charge is 2.30. The zero-order chi connectivity index (χ0) is 13.1. The van der Waals surface area contributed by atoms with Gasteiger partial charge in [-0.2, -0.15) is 17.4 Å². The Kier molecular flexibility index (Phi) is 4.91. The Labute approximate surface area is 102 Å². The van der Waals surface area contributed by atoms with Gasteiger partial charge in [-0.25, -0.2) is 0 Å². The van der Waals surface area contributed by atoms with Crippen molar-refractivity contribution in [3.05, 3.63) is 0 Å². The van der Waals surface area contributed by atoms with E-state index in [0.29, 0.717) is 19.0 Å². The molecule has 7 heteroatoms. The van der Waals surface area contributed by atoms with Crippen LogP contribution in [0.1, 0.15) is 33.1 Å². The Bertz CT molecular complexity index is 369. The van der Waals surface area contributed by atoms with Crippen LogP contribution in [0, 0.1) is 5.92 Å². The third-order valence-electron chi connectivity index (χ3n) is 2.96. The summed E-state index contributed by atoms with van der Waals surface area (Å²) in [5, 5.41) is 8.84. The van der Waals surface area contributed by atoms with E-state index in [0.717, 1.165) is 12.8 Å². The predicted molar refractivity (Wildman–Crippen MR) is 63.7 cm³/mol. The zero-order valence-electron chi connectivity index (χ0n) is 10.2. The van der Waals surface area contributed by atoms with E-state index in [2.05, 4.69) is 4.72 Å². The lowest BCUT2D eigenvalue weighted by molar-refractivity contribution is -0.139. The Morgan fingerprint density at radius 1 is 1.59 bits per heavy atom. The molecule has 1 aliphatic rings. The van der Waals surface area contributed by atoms with Gasteiger partial charge in [-0.1, -0.05) is 13.8 Å². The first-order valence-electron chi connectivity index (χ1n) is 5.87. The molecule has 0 saturated carbocycles. The van der Waals surface area contributed by atoms with Crippen LogP contribution in [0.4, 0.5) is 0 Å². The fraction of sp³-hybridized carbons (Fsp3) is 0.900. The van der Waals surface area contributed by atoms with Gasteiger partial charge < -0.3 is 5.11 Å². The van der Waals surface area contributed by atoms with Crippen LogP contribution in [0.25, 0.3) is 0 Å². The van der Waals surface area contributed by atoms with Gasteiger partial charge in [0.05, 0.1) is 0 Å². The molecule has 1 rings (SSSR count). The summed E-state index contributed by atoms with van der Waals surface area (Å²) in [6, 6.07) is -1.04. The molecule has 2 N–H and O–H groups in total. The highest BCUT2D eigenvalue weighted by atomic mass is 32.2. The SMILES string of the molecule is CC[C@@H](NS(=O)(=O)N1CCCC(C)C1)C(=O)O. The quantitative estimate of drug-likeness (QED) is 0.753. The Morgan fingerprint density at radius 3 is 2.71 bits per heavy atom. The van der Waals surface area contributed by atoms with Gasteiger partial charge in [0, 0.05) is 13.1 Å². The minimum atomic E-state index is -3.67. The summed E-state index contributed by atoms with van der Waals surface area (Å²) in [7, 11) is -3.67. The normalized spacial score (nSPS) is 24.5. The van der Waals surface area contributed by atoms with Crippen molar-refractivity contribution < 1.29 is 18.3 Å². The molecule has 0 radical (unpaired) electrons. The highest BCUT2D eigenvalue weighted by molar-refractivity contribution is 7.87. The largest absolute Gasteiger partial charge is 0.480 e. The molecule has 0 bridgehead atoms. The first-order valence-corrected chi connectivity index (χ1v) is 7.31. The lowest BCUT2D eigenvalue weighted by Crippen LogP contribution is -2.50. The molecule has 100 valence electrons. The average Bonchev–Trinajstić information content (AvgIpc) is 2.25. The van der Waals surface area contributed by atoms with Gasteiger partial charge in [0.15, 0.2) is 0 Å². The maximum Gasteiger partial charge on any atom is 0.321 e. The van der Waals surface area contributed by atoms with Crippen molar-refractivity contribution in [2.24, 2.45) is 5.92 Å². The topological polar surface area (TPSA) is 86.7 Å². The summed E-state index contributed by atoms with van der Waals surface area (Å²) >= 11 is 0. The minimum absolute atomic E-state index is 0.234. The molecule has 2 atom stereocenters. The zero-order valence-corrected chi connectivity index (χ0v) is 11.0. The van der Waals surface area contributed by atoms with Crippen molar-refractivity contribution in [3.63, 3.8) is 0 Å². The Morgan fingerprint density at radius 2 is 2.24 bits per heavy atom. The monoisotopic (exact) mass is 264 g/mol. The smallest absolute Gasteiger partial charge is 0.321 e. The van der Waals surface area contributed by atoms with Gasteiger partial charge in [0.25, 0.3) is 10.2 Å². The highest BCUT2D eigenvalue weighted by Crippen LogP contribution is 2.18. The molecule has 0 aromatic carbocycles. The van der Waals surface area contributed by atoms with E-state index in [1.165, 1.54) is 4.31 Å². The summed E-state index contributed by atoms with van der Waals surface area (Å²) in [6.07, 6.45) is 2.08. The second kappa shape index (κ2) is 5.79. The van der Waals surface area contributed by atoms with E-state index < -0.39 is 22.2 Å². The van der Waals surface area contributed by atoms with Crippen LogP contribution in [0.2, 0.25) is 0 Å². The average molecular weight is 264 g/mol. The minimum Gasteiger partial charge on any atom is -0.480 e. The first kappa shape index (κ1) is 14.4. The summed E-state index contributed by atoms with van der Waals surface area (Å²) in [4.78, 5) is 10.8. The van der Waals surface area contributed by atoms with Gasteiger partial charge in [-0.05, 0) is 25.2 Å². The molecule has 1 unspecified atom stereocenters. The van der Waals surface area contributed by atoms with E-state index in [1.807, 2.05) is 6.92 Å². The molecule has 1 fully saturated rings. The number of rotatable bonds is 5. The molecule has 1 aliphatic heterocycles. The fourth-order valence-corrected chi connectivity index (χ4v) is 3.52. The van der Waals surface area contributed by atoms with Crippen LogP contribution in [0.5, 0.6) is 0 Å². The third-order valence-corrected chi connectivity index (χ3v) is 4.55. The molecule has 17 heavy (non-hydrogen) atoms. The molecular formula is C10H20N2O4S. The molecular weight excluding hydrogens is 244 g/mol. The van der Waals surface area contributed by atoms with Gasteiger partial charge in [0.1, 0.15) is 6.04 Å². The van der Waals surface area contributed by atoms with E-state index in [9.17, 15) is 13.2 Å². The van der Waals surface area contributed by atoms with E-state index in [4.69, 9.17) is 5.11 Å². The molecule has 6 nitrogen and oxygen atoms in total. The number of hydrogen-bond donors (Lipinski definition) is 2. The molecule has 0 aromatic heterocycles. The number of piperidine rings is 1. The van der Waals surface area contributed by atoms with Crippen LogP contribution in [0.3, 0.4) is 0 Å². The van der Waals surface area contributed by atoms with Crippen LogP contribution < -0.4 is 4.72 Å². The van der Waals surface area contributed by atoms with E-state index >= 15 is 0 Å².